The highest BCUT2D eigenvalue weighted by atomic mass is 79.9. The van der Waals surface area contributed by atoms with Gasteiger partial charge >= 0.3 is 0 Å². The van der Waals surface area contributed by atoms with Gasteiger partial charge < -0.3 is 14.8 Å². The molecule has 0 radical (unpaired) electrons. The van der Waals surface area contributed by atoms with Crippen LogP contribution in [-0.2, 0) is 11.3 Å². The number of rotatable bonds is 6. The van der Waals surface area contributed by atoms with E-state index in [2.05, 4.69) is 21.2 Å². The van der Waals surface area contributed by atoms with Gasteiger partial charge in [0.05, 0.1) is 14.2 Å². The topological polar surface area (TPSA) is 47.6 Å². The minimum Gasteiger partial charge on any atom is -0.497 e. The fourth-order valence-electron chi connectivity index (χ4n) is 1.98. The van der Waals surface area contributed by atoms with Crippen LogP contribution in [0.3, 0.4) is 0 Å². The van der Waals surface area contributed by atoms with Gasteiger partial charge in [0, 0.05) is 28.7 Å². The Morgan fingerprint density at radius 1 is 1.13 bits per heavy atom. The molecule has 0 aliphatic heterocycles. The van der Waals surface area contributed by atoms with Crippen LogP contribution in [0.4, 0.5) is 0 Å². The molecule has 0 heterocycles. The van der Waals surface area contributed by atoms with Crippen molar-refractivity contribution in [2.45, 2.75) is 6.54 Å². The predicted octanol–water partition coefficient (Wildman–Crippen LogP) is 3.80. The van der Waals surface area contributed by atoms with Crippen molar-refractivity contribution in [2.24, 2.45) is 0 Å². The standard InChI is InChI=1S/C18H18BrNO3/c1-22-16-9-6-14(17(11-16)23-2)12-20-18(21)10-5-13-3-7-15(19)8-4-13/h3-11H,12H2,1-2H3,(H,20,21)/b10-5+. The molecular weight excluding hydrogens is 358 g/mol. The van der Waals surface area contributed by atoms with Crippen LogP contribution in [-0.4, -0.2) is 20.1 Å². The van der Waals surface area contributed by atoms with Crippen molar-refractivity contribution < 1.29 is 14.3 Å². The third kappa shape index (κ3) is 5.14. The molecule has 23 heavy (non-hydrogen) atoms. The summed E-state index contributed by atoms with van der Waals surface area (Å²) in [4.78, 5) is 11.9. The molecule has 1 N–H and O–H groups in total. The predicted molar refractivity (Wildman–Crippen MR) is 94.6 cm³/mol. The van der Waals surface area contributed by atoms with E-state index < -0.39 is 0 Å². The van der Waals surface area contributed by atoms with E-state index in [-0.39, 0.29) is 5.91 Å². The molecule has 4 nitrogen and oxygen atoms in total. The lowest BCUT2D eigenvalue weighted by molar-refractivity contribution is -0.116. The number of hydrogen-bond acceptors (Lipinski definition) is 3. The molecule has 0 unspecified atom stereocenters. The van der Waals surface area contributed by atoms with Gasteiger partial charge in [0.15, 0.2) is 0 Å². The number of carbonyl (C=O) groups is 1. The van der Waals surface area contributed by atoms with Crippen molar-refractivity contribution in [3.05, 3.63) is 64.1 Å². The summed E-state index contributed by atoms with van der Waals surface area (Å²) in [6, 6.07) is 13.2. The largest absolute Gasteiger partial charge is 0.497 e. The van der Waals surface area contributed by atoms with Crippen LogP contribution < -0.4 is 14.8 Å². The molecule has 0 bridgehead atoms. The second-order valence-electron chi connectivity index (χ2n) is 4.78. The first-order valence-corrected chi connectivity index (χ1v) is 7.84. The lowest BCUT2D eigenvalue weighted by Gasteiger charge is -2.10. The van der Waals surface area contributed by atoms with E-state index in [4.69, 9.17) is 9.47 Å². The van der Waals surface area contributed by atoms with Crippen LogP contribution in [0.25, 0.3) is 6.08 Å². The molecule has 0 spiro atoms. The average molecular weight is 376 g/mol. The Hall–Kier alpha value is -2.27. The first-order valence-electron chi connectivity index (χ1n) is 7.05. The van der Waals surface area contributed by atoms with E-state index in [1.807, 2.05) is 36.4 Å². The zero-order valence-electron chi connectivity index (χ0n) is 13.0. The van der Waals surface area contributed by atoms with Crippen molar-refractivity contribution in [1.29, 1.82) is 0 Å². The number of ether oxygens (including phenoxy) is 2. The highest BCUT2D eigenvalue weighted by molar-refractivity contribution is 9.10. The molecule has 0 aliphatic rings. The Balaban J connectivity index is 1.95. The van der Waals surface area contributed by atoms with E-state index in [1.165, 1.54) is 6.08 Å². The Kier molecular flexibility index (Phi) is 6.23. The molecule has 0 fully saturated rings. The number of halogens is 1. The number of carbonyl (C=O) groups excluding carboxylic acids is 1. The summed E-state index contributed by atoms with van der Waals surface area (Å²) in [6.07, 6.45) is 3.28. The molecule has 2 aromatic rings. The molecule has 2 aromatic carbocycles. The number of hydrogen-bond donors (Lipinski definition) is 1. The van der Waals surface area contributed by atoms with Gasteiger partial charge in [-0.05, 0) is 35.9 Å². The lowest BCUT2D eigenvalue weighted by Crippen LogP contribution is -2.20. The molecular formula is C18H18BrNO3. The molecule has 0 saturated heterocycles. The second kappa shape index (κ2) is 8.39. The molecule has 120 valence electrons. The van der Waals surface area contributed by atoms with Gasteiger partial charge in [0.2, 0.25) is 5.91 Å². The Bertz CT molecular complexity index is 696. The maximum atomic E-state index is 11.9. The van der Waals surface area contributed by atoms with Crippen LogP contribution in [0.1, 0.15) is 11.1 Å². The van der Waals surface area contributed by atoms with Gasteiger partial charge in [-0.1, -0.05) is 28.1 Å². The molecule has 0 atom stereocenters. The highest BCUT2D eigenvalue weighted by Gasteiger charge is 2.05. The van der Waals surface area contributed by atoms with Gasteiger partial charge in [-0.15, -0.1) is 0 Å². The first-order chi connectivity index (χ1) is 11.1. The zero-order chi connectivity index (χ0) is 16.7. The SMILES string of the molecule is COc1ccc(CNC(=O)/C=C/c2ccc(Br)cc2)c(OC)c1. The average Bonchev–Trinajstić information content (AvgIpc) is 2.59. The van der Waals surface area contributed by atoms with Crippen molar-refractivity contribution in [3.8, 4) is 11.5 Å². The monoisotopic (exact) mass is 375 g/mol. The van der Waals surface area contributed by atoms with Crippen LogP contribution >= 0.6 is 15.9 Å². The molecule has 2 rings (SSSR count). The molecule has 5 heteroatoms. The second-order valence-corrected chi connectivity index (χ2v) is 5.70. The summed E-state index contributed by atoms with van der Waals surface area (Å²) >= 11 is 3.38. The summed E-state index contributed by atoms with van der Waals surface area (Å²) in [7, 11) is 3.19. The number of benzene rings is 2. The minimum absolute atomic E-state index is 0.161. The fourth-order valence-corrected chi connectivity index (χ4v) is 2.25. The van der Waals surface area contributed by atoms with Crippen LogP contribution in [0.15, 0.2) is 53.0 Å². The van der Waals surface area contributed by atoms with E-state index in [1.54, 1.807) is 26.4 Å². The molecule has 1 amide bonds. The Morgan fingerprint density at radius 2 is 1.87 bits per heavy atom. The Morgan fingerprint density at radius 3 is 2.52 bits per heavy atom. The van der Waals surface area contributed by atoms with Crippen LogP contribution in [0.2, 0.25) is 0 Å². The van der Waals surface area contributed by atoms with E-state index in [0.29, 0.717) is 18.0 Å². The third-order valence-electron chi connectivity index (χ3n) is 3.24. The van der Waals surface area contributed by atoms with Crippen LogP contribution in [0, 0.1) is 0 Å². The summed E-state index contributed by atoms with van der Waals surface area (Å²) in [6.45, 7) is 0.386. The van der Waals surface area contributed by atoms with Crippen molar-refractivity contribution in [2.75, 3.05) is 14.2 Å². The summed E-state index contributed by atoms with van der Waals surface area (Å²) in [5.74, 6) is 1.24. The molecule has 0 saturated carbocycles. The van der Waals surface area contributed by atoms with E-state index in [0.717, 1.165) is 15.6 Å². The number of nitrogens with one attached hydrogen (secondary N) is 1. The third-order valence-corrected chi connectivity index (χ3v) is 3.77. The van der Waals surface area contributed by atoms with Gasteiger partial charge in [-0.3, -0.25) is 4.79 Å². The quantitative estimate of drug-likeness (QED) is 0.781. The number of methoxy groups -OCH3 is 2. The van der Waals surface area contributed by atoms with Crippen LogP contribution in [0.5, 0.6) is 11.5 Å². The molecule has 0 aromatic heterocycles. The van der Waals surface area contributed by atoms with Gasteiger partial charge in [-0.25, -0.2) is 0 Å². The smallest absolute Gasteiger partial charge is 0.244 e. The zero-order valence-corrected chi connectivity index (χ0v) is 14.6. The van der Waals surface area contributed by atoms with Gasteiger partial charge in [0.25, 0.3) is 0 Å². The normalized spacial score (nSPS) is 10.6. The Labute approximate surface area is 144 Å². The first kappa shape index (κ1) is 17.1. The fraction of sp³-hybridized carbons (Fsp3) is 0.167. The van der Waals surface area contributed by atoms with E-state index >= 15 is 0 Å². The van der Waals surface area contributed by atoms with Gasteiger partial charge in [-0.2, -0.15) is 0 Å². The highest BCUT2D eigenvalue weighted by Crippen LogP contribution is 2.24. The minimum atomic E-state index is -0.161. The van der Waals surface area contributed by atoms with E-state index in [9.17, 15) is 4.79 Å². The maximum absolute atomic E-state index is 11.9. The van der Waals surface area contributed by atoms with Crippen molar-refractivity contribution in [3.63, 3.8) is 0 Å². The van der Waals surface area contributed by atoms with Crippen molar-refractivity contribution in [1.82, 2.24) is 5.32 Å². The summed E-state index contributed by atoms with van der Waals surface area (Å²) < 4.78 is 11.5. The lowest BCUT2D eigenvalue weighted by atomic mass is 10.2. The summed E-state index contributed by atoms with van der Waals surface area (Å²) in [5, 5.41) is 2.84. The van der Waals surface area contributed by atoms with Crippen molar-refractivity contribution >= 4 is 27.9 Å². The summed E-state index contributed by atoms with van der Waals surface area (Å²) in [5.41, 5.74) is 1.85. The maximum Gasteiger partial charge on any atom is 0.244 e. The number of amides is 1. The van der Waals surface area contributed by atoms with Gasteiger partial charge in [0.1, 0.15) is 11.5 Å². The molecule has 0 aliphatic carbocycles.